The van der Waals surface area contributed by atoms with Gasteiger partial charge in [-0.3, -0.25) is 4.79 Å². The first-order valence-corrected chi connectivity index (χ1v) is 6.81. The second-order valence-corrected chi connectivity index (χ2v) is 5.51. The molecule has 21 heavy (non-hydrogen) atoms. The minimum Gasteiger partial charge on any atom is -0.404 e. The molecule has 0 aliphatic rings. The molecule has 0 fully saturated rings. The molecule has 0 atom stereocenters. The van der Waals surface area contributed by atoms with Crippen LogP contribution in [0.5, 0.6) is 5.75 Å². The van der Waals surface area contributed by atoms with E-state index in [1.807, 2.05) is 0 Å². The summed E-state index contributed by atoms with van der Waals surface area (Å²) in [7, 11) is 0. The summed E-state index contributed by atoms with van der Waals surface area (Å²) in [6, 6.07) is 3.79. The Balaban J connectivity index is 2.25. The van der Waals surface area contributed by atoms with Crippen LogP contribution in [-0.2, 0) is 0 Å². The van der Waals surface area contributed by atoms with E-state index in [9.17, 15) is 18.0 Å². The lowest BCUT2D eigenvalue weighted by Crippen LogP contribution is -2.19. The number of nitrogens with zero attached hydrogens (tertiary/aromatic N) is 2. The lowest BCUT2D eigenvalue weighted by Gasteiger charge is -2.13. The van der Waals surface area contributed by atoms with Crippen LogP contribution in [0.4, 0.5) is 24.0 Å². The van der Waals surface area contributed by atoms with Gasteiger partial charge in [0.2, 0.25) is 10.1 Å². The summed E-state index contributed by atoms with van der Waals surface area (Å²) in [4.78, 5) is 11.8. The molecule has 112 valence electrons. The van der Waals surface area contributed by atoms with E-state index in [2.05, 4.69) is 36.2 Å². The van der Waals surface area contributed by atoms with E-state index in [0.29, 0.717) is 4.47 Å². The zero-order valence-electron chi connectivity index (χ0n) is 9.94. The number of halogens is 4. The van der Waals surface area contributed by atoms with E-state index in [0.717, 1.165) is 17.4 Å². The molecule has 1 heterocycles. The first kappa shape index (κ1) is 15.5. The highest BCUT2D eigenvalue weighted by Gasteiger charge is 2.32. The number of carbonyl (C=O) groups is 1. The van der Waals surface area contributed by atoms with E-state index in [1.54, 1.807) is 0 Å². The summed E-state index contributed by atoms with van der Waals surface area (Å²) in [6.45, 7) is 0. The molecular formula is C10H6BrF3N4O2S. The Bertz CT molecular complexity index is 677. The Morgan fingerprint density at radius 1 is 1.38 bits per heavy atom. The van der Waals surface area contributed by atoms with E-state index in [4.69, 9.17) is 5.73 Å². The third-order valence-corrected chi connectivity index (χ3v) is 3.30. The first-order chi connectivity index (χ1) is 9.74. The lowest BCUT2D eigenvalue weighted by atomic mass is 10.3. The van der Waals surface area contributed by atoms with Gasteiger partial charge in [-0.1, -0.05) is 27.3 Å². The predicted octanol–water partition coefficient (Wildman–Crippen LogP) is 3.03. The Kier molecular flexibility index (Phi) is 4.32. The summed E-state index contributed by atoms with van der Waals surface area (Å²) in [6.07, 6.45) is -4.88. The summed E-state index contributed by atoms with van der Waals surface area (Å²) in [5.74, 6) is -1.29. The van der Waals surface area contributed by atoms with Gasteiger partial charge in [-0.25, -0.2) is 0 Å². The van der Waals surface area contributed by atoms with Gasteiger partial charge in [-0.05, 0) is 18.2 Å². The van der Waals surface area contributed by atoms with Gasteiger partial charge >= 0.3 is 6.36 Å². The molecule has 0 aliphatic carbocycles. The maximum Gasteiger partial charge on any atom is 0.573 e. The molecular weight excluding hydrogens is 377 g/mol. The maximum atomic E-state index is 12.3. The number of ether oxygens (including phenoxy) is 1. The van der Waals surface area contributed by atoms with Crippen molar-refractivity contribution in [3.05, 3.63) is 27.7 Å². The molecule has 2 aromatic rings. The smallest absolute Gasteiger partial charge is 0.404 e. The van der Waals surface area contributed by atoms with Crippen molar-refractivity contribution < 1.29 is 22.7 Å². The molecule has 1 aromatic carbocycles. The van der Waals surface area contributed by atoms with Crippen LogP contribution in [0.25, 0.3) is 0 Å². The van der Waals surface area contributed by atoms with Crippen molar-refractivity contribution in [3.63, 3.8) is 0 Å². The monoisotopic (exact) mass is 382 g/mol. The zero-order valence-corrected chi connectivity index (χ0v) is 12.3. The SMILES string of the molecule is Nc1nnc(C(=O)Nc2ccc(Br)cc2OC(F)(F)F)s1. The molecule has 2 rings (SSSR count). The van der Waals surface area contributed by atoms with Crippen molar-refractivity contribution in [2.45, 2.75) is 6.36 Å². The normalized spacial score (nSPS) is 11.2. The van der Waals surface area contributed by atoms with Crippen LogP contribution in [0.2, 0.25) is 0 Å². The molecule has 0 radical (unpaired) electrons. The van der Waals surface area contributed by atoms with Gasteiger partial charge < -0.3 is 15.8 Å². The van der Waals surface area contributed by atoms with Gasteiger partial charge in [-0.15, -0.1) is 23.4 Å². The summed E-state index contributed by atoms with van der Waals surface area (Å²) in [5.41, 5.74) is 5.17. The Labute approximate surface area is 128 Å². The van der Waals surface area contributed by atoms with Crippen molar-refractivity contribution >= 4 is 44.0 Å². The largest absolute Gasteiger partial charge is 0.573 e. The van der Waals surface area contributed by atoms with E-state index in [-0.39, 0.29) is 15.8 Å². The molecule has 0 spiro atoms. The quantitative estimate of drug-likeness (QED) is 0.851. The van der Waals surface area contributed by atoms with Gasteiger partial charge in [0, 0.05) is 4.47 Å². The Morgan fingerprint density at radius 3 is 2.67 bits per heavy atom. The van der Waals surface area contributed by atoms with E-state index < -0.39 is 18.0 Å². The van der Waals surface area contributed by atoms with Crippen LogP contribution in [-0.4, -0.2) is 22.5 Å². The zero-order chi connectivity index (χ0) is 15.6. The number of anilines is 2. The average Bonchev–Trinajstić information content (AvgIpc) is 2.77. The number of aromatic nitrogens is 2. The number of benzene rings is 1. The summed E-state index contributed by atoms with van der Waals surface area (Å²) >= 11 is 3.83. The number of alkyl halides is 3. The molecule has 0 bridgehead atoms. The number of nitrogens with two attached hydrogens (primary N) is 1. The van der Waals surface area contributed by atoms with Gasteiger partial charge in [0.25, 0.3) is 5.91 Å². The number of hydrogen-bond donors (Lipinski definition) is 2. The predicted molar refractivity (Wildman–Crippen MR) is 73.1 cm³/mol. The minimum absolute atomic E-state index is 0.0720. The van der Waals surface area contributed by atoms with Crippen molar-refractivity contribution in [1.29, 1.82) is 0 Å². The number of amides is 1. The highest BCUT2D eigenvalue weighted by Crippen LogP contribution is 2.33. The lowest BCUT2D eigenvalue weighted by molar-refractivity contribution is -0.274. The van der Waals surface area contributed by atoms with Crippen molar-refractivity contribution in [1.82, 2.24) is 10.2 Å². The molecule has 6 nitrogen and oxygen atoms in total. The van der Waals surface area contributed by atoms with Crippen LogP contribution in [0, 0.1) is 0 Å². The number of nitrogen functional groups attached to an aromatic ring is 1. The van der Waals surface area contributed by atoms with E-state index in [1.165, 1.54) is 12.1 Å². The molecule has 11 heteroatoms. The van der Waals surface area contributed by atoms with Gasteiger partial charge in [0.15, 0.2) is 5.75 Å². The van der Waals surface area contributed by atoms with E-state index >= 15 is 0 Å². The highest BCUT2D eigenvalue weighted by molar-refractivity contribution is 9.10. The average molecular weight is 383 g/mol. The fraction of sp³-hybridized carbons (Fsp3) is 0.100. The van der Waals surface area contributed by atoms with Gasteiger partial charge in [0.05, 0.1) is 5.69 Å². The standard InChI is InChI=1S/C10H6BrF3N4O2S/c11-4-1-2-5(6(3-4)20-10(12,13)14)16-7(19)8-17-18-9(15)21-8/h1-3H,(H2,15,18)(H,16,19). The number of rotatable bonds is 3. The number of nitrogens with one attached hydrogen (secondary N) is 1. The first-order valence-electron chi connectivity index (χ1n) is 5.20. The molecule has 0 aliphatic heterocycles. The topological polar surface area (TPSA) is 90.1 Å². The fourth-order valence-corrected chi connectivity index (χ4v) is 2.16. The Hall–Kier alpha value is -1.88. The molecule has 0 saturated carbocycles. The highest BCUT2D eigenvalue weighted by atomic mass is 79.9. The second-order valence-electron chi connectivity index (χ2n) is 3.59. The van der Waals surface area contributed by atoms with Gasteiger partial charge in [-0.2, -0.15) is 0 Å². The minimum atomic E-state index is -4.88. The molecule has 0 saturated heterocycles. The third-order valence-electron chi connectivity index (χ3n) is 2.05. The number of hydrogen-bond acceptors (Lipinski definition) is 6. The Morgan fingerprint density at radius 2 is 2.10 bits per heavy atom. The van der Waals surface area contributed by atoms with Crippen LogP contribution in [0.3, 0.4) is 0 Å². The van der Waals surface area contributed by atoms with Crippen molar-refractivity contribution in [2.75, 3.05) is 11.1 Å². The van der Waals surface area contributed by atoms with Crippen molar-refractivity contribution in [3.8, 4) is 5.75 Å². The number of carbonyl (C=O) groups excluding carboxylic acids is 1. The van der Waals surface area contributed by atoms with Gasteiger partial charge in [0.1, 0.15) is 0 Å². The summed E-state index contributed by atoms with van der Waals surface area (Å²) < 4.78 is 41.2. The third kappa shape index (κ3) is 4.29. The van der Waals surface area contributed by atoms with Crippen molar-refractivity contribution in [2.24, 2.45) is 0 Å². The molecule has 3 N–H and O–H groups in total. The molecule has 1 amide bonds. The van der Waals surface area contributed by atoms with Crippen LogP contribution in [0.1, 0.15) is 9.80 Å². The summed E-state index contributed by atoms with van der Waals surface area (Å²) in [5, 5.41) is 9.19. The van der Waals surface area contributed by atoms with Crippen LogP contribution >= 0.6 is 27.3 Å². The maximum absolute atomic E-state index is 12.3. The molecule has 0 unspecified atom stereocenters. The van der Waals surface area contributed by atoms with Crippen LogP contribution < -0.4 is 15.8 Å². The van der Waals surface area contributed by atoms with Crippen LogP contribution in [0.15, 0.2) is 22.7 Å². The fourth-order valence-electron chi connectivity index (χ4n) is 1.31. The molecule has 1 aromatic heterocycles. The second kappa shape index (κ2) is 5.85.